The Bertz CT molecular complexity index is 874. The predicted molar refractivity (Wildman–Crippen MR) is 116 cm³/mol. The van der Waals surface area contributed by atoms with Gasteiger partial charge in [0.25, 0.3) is 5.91 Å². The number of carbonyl (C=O) groups excluding carboxylic acids is 1. The molecule has 6 N–H and O–H groups in total. The van der Waals surface area contributed by atoms with Gasteiger partial charge in [-0.2, -0.15) is 4.99 Å². The fourth-order valence-corrected chi connectivity index (χ4v) is 2.77. The van der Waals surface area contributed by atoms with Crippen LogP contribution < -0.4 is 22.1 Å². The molecule has 2 aromatic carbocycles. The Balaban J connectivity index is 2.10. The first-order valence-corrected chi connectivity index (χ1v) is 9.79. The molecule has 2 unspecified atom stereocenters. The zero-order chi connectivity index (χ0) is 21.6. The molecule has 156 valence electrons. The van der Waals surface area contributed by atoms with Crippen LogP contribution in [0.5, 0.6) is 0 Å². The molecule has 0 saturated heterocycles. The number of aliphatic imine (C=N–C) groups is 1. The summed E-state index contributed by atoms with van der Waals surface area (Å²) in [6, 6.07) is 10.6. The van der Waals surface area contributed by atoms with E-state index in [1.165, 1.54) is 12.1 Å². The van der Waals surface area contributed by atoms with E-state index in [0.29, 0.717) is 11.4 Å². The molecule has 0 fully saturated rings. The van der Waals surface area contributed by atoms with E-state index >= 15 is 0 Å². The average Bonchev–Trinajstić information content (AvgIpc) is 2.63. The number of hydrogen-bond acceptors (Lipinski definition) is 3. The van der Waals surface area contributed by atoms with Gasteiger partial charge in [-0.3, -0.25) is 4.79 Å². The van der Waals surface area contributed by atoms with Crippen molar-refractivity contribution in [3.8, 4) is 0 Å². The van der Waals surface area contributed by atoms with E-state index in [4.69, 9.17) is 34.7 Å². The van der Waals surface area contributed by atoms with Gasteiger partial charge in [0.05, 0.1) is 11.2 Å². The third-order valence-electron chi connectivity index (χ3n) is 3.93. The smallest absolute Gasteiger partial charge is 0.280 e. The number of guanidine groups is 1. The molecule has 2 rings (SSSR count). The number of amides is 1. The second-order valence-electron chi connectivity index (χ2n) is 6.84. The summed E-state index contributed by atoms with van der Waals surface area (Å²) in [4.78, 5) is 16.4. The van der Waals surface area contributed by atoms with E-state index in [1.54, 1.807) is 12.1 Å². The minimum atomic E-state index is -0.690. The molecule has 0 heterocycles. The Morgan fingerprint density at radius 1 is 1.10 bits per heavy atom. The molecule has 6 nitrogen and oxygen atoms in total. The van der Waals surface area contributed by atoms with E-state index in [1.807, 2.05) is 26.0 Å². The summed E-state index contributed by atoms with van der Waals surface area (Å²) in [6.07, 6.45) is -0.204. The molecule has 0 aliphatic heterocycles. The minimum absolute atomic E-state index is 0.0202. The van der Waals surface area contributed by atoms with Crippen LogP contribution in [0.25, 0.3) is 0 Å². The summed E-state index contributed by atoms with van der Waals surface area (Å²) in [5, 5.41) is 6.53. The monoisotopic (exact) mass is 439 g/mol. The number of rotatable bonds is 6. The maximum Gasteiger partial charge on any atom is 0.280 e. The highest BCUT2D eigenvalue weighted by Gasteiger charge is 2.16. The van der Waals surface area contributed by atoms with Crippen molar-refractivity contribution >= 4 is 35.1 Å². The second kappa shape index (κ2) is 10.5. The molecule has 2 aromatic rings. The van der Waals surface area contributed by atoms with E-state index < -0.39 is 17.9 Å². The van der Waals surface area contributed by atoms with Gasteiger partial charge in [0.2, 0.25) is 5.96 Å². The zero-order valence-electron chi connectivity index (χ0n) is 16.1. The maximum absolute atomic E-state index is 13.6. The summed E-state index contributed by atoms with van der Waals surface area (Å²) in [7, 11) is 0. The van der Waals surface area contributed by atoms with Crippen LogP contribution in [0.15, 0.2) is 47.5 Å². The van der Waals surface area contributed by atoms with Gasteiger partial charge in [-0.05, 0) is 56.2 Å². The van der Waals surface area contributed by atoms with Crippen molar-refractivity contribution in [3.63, 3.8) is 0 Å². The number of nitrogens with two attached hydrogens (primary N) is 2. The van der Waals surface area contributed by atoms with Crippen molar-refractivity contribution in [2.24, 2.45) is 16.5 Å². The molecule has 0 bridgehead atoms. The lowest BCUT2D eigenvalue weighted by Crippen LogP contribution is -2.50. The molecule has 0 aliphatic carbocycles. The minimum Gasteiger partial charge on any atom is -0.354 e. The van der Waals surface area contributed by atoms with Crippen LogP contribution in [0.1, 0.15) is 42.2 Å². The number of carbonyl (C=O) groups is 1. The molecule has 0 aromatic heterocycles. The third kappa shape index (κ3) is 7.29. The number of hydrogen-bond donors (Lipinski definition) is 4. The lowest BCUT2D eigenvalue weighted by Gasteiger charge is -2.22. The molecule has 0 spiro atoms. The first-order valence-electron chi connectivity index (χ1n) is 9.03. The van der Waals surface area contributed by atoms with Gasteiger partial charge in [0.15, 0.2) is 0 Å². The Labute approximate surface area is 179 Å². The van der Waals surface area contributed by atoms with E-state index in [-0.39, 0.29) is 28.6 Å². The lowest BCUT2D eigenvalue weighted by atomic mass is 10.0. The van der Waals surface area contributed by atoms with Crippen LogP contribution in [0.4, 0.5) is 4.39 Å². The number of nitrogens with zero attached hydrogens (tertiary/aromatic N) is 1. The van der Waals surface area contributed by atoms with Crippen molar-refractivity contribution in [1.82, 2.24) is 10.6 Å². The maximum atomic E-state index is 13.6. The Morgan fingerprint density at radius 3 is 2.34 bits per heavy atom. The highest BCUT2D eigenvalue weighted by atomic mass is 35.5. The Hall–Kier alpha value is -2.19. The van der Waals surface area contributed by atoms with Crippen LogP contribution in [-0.2, 0) is 0 Å². The lowest BCUT2D eigenvalue weighted by molar-refractivity contribution is 0.100. The summed E-state index contributed by atoms with van der Waals surface area (Å²) in [5.41, 5.74) is 13.3. The van der Waals surface area contributed by atoms with E-state index in [0.717, 1.165) is 11.6 Å². The third-order valence-corrected chi connectivity index (χ3v) is 4.49. The topological polar surface area (TPSA) is 106 Å². The van der Waals surface area contributed by atoms with Crippen molar-refractivity contribution in [1.29, 1.82) is 0 Å². The Morgan fingerprint density at radius 2 is 1.76 bits per heavy atom. The molecular weight excluding hydrogens is 416 g/mol. The predicted octanol–water partition coefficient (Wildman–Crippen LogP) is 3.59. The van der Waals surface area contributed by atoms with Crippen molar-refractivity contribution in [2.45, 2.75) is 38.5 Å². The molecule has 2 atom stereocenters. The van der Waals surface area contributed by atoms with Crippen LogP contribution in [0.2, 0.25) is 10.0 Å². The largest absolute Gasteiger partial charge is 0.354 e. The van der Waals surface area contributed by atoms with E-state index in [2.05, 4.69) is 15.6 Å². The van der Waals surface area contributed by atoms with Gasteiger partial charge in [-0.1, -0.05) is 35.3 Å². The molecule has 29 heavy (non-hydrogen) atoms. The highest BCUT2D eigenvalue weighted by Crippen LogP contribution is 2.18. The number of nitrogens with one attached hydrogen (secondary N) is 2. The summed E-state index contributed by atoms with van der Waals surface area (Å²) < 4.78 is 13.6. The first-order chi connectivity index (χ1) is 13.7. The summed E-state index contributed by atoms with van der Waals surface area (Å²) in [5.74, 6) is -1.15. The van der Waals surface area contributed by atoms with Crippen molar-refractivity contribution < 1.29 is 9.18 Å². The van der Waals surface area contributed by atoms with Gasteiger partial charge in [0, 0.05) is 22.7 Å². The molecular formula is C20H24Cl2FN5O. The summed E-state index contributed by atoms with van der Waals surface area (Å²) in [6.45, 7) is 3.77. The highest BCUT2D eigenvalue weighted by molar-refractivity contribution is 6.31. The number of halogens is 3. The molecule has 1 amide bonds. The quantitative estimate of drug-likeness (QED) is 0.312. The van der Waals surface area contributed by atoms with Crippen molar-refractivity contribution in [3.05, 3.63) is 69.5 Å². The first kappa shape index (κ1) is 23.1. The second-order valence-corrected chi connectivity index (χ2v) is 7.68. The zero-order valence-corrected chi connectivity index (χ0v) is 17.6. The van der Waals surface area contributed by atoms with Gasteiger partial charge < -0.3 is 22.1 Å². The number of benzene rings is 2. The van der Waals surface area contributed by atoms with Gasteiger partial charge in [0.1, 0.15) is 5.82 Å². The van der Waals surface area contributed by atoms with Gasteiger partial charge >= 0.3 is 0 Å². The molecule has 0 aliphatic rings. The van der Waals surface area contributed by atoms with Gasteiger partial charge in [-0.25, -0.2) is 4.39 Å². The van der Waals surface area contributed by atoms with Crippen LogP contribution in [0, 0.1) is 5.82 Å². The van der Waals surface area contributed by atoms with Crippen LogP contribution >= 0.6 is 23.2 Å². The van der Waals surface area contributed by atoms with E-state index in [9.17, 15) is 9.18 Å². The molecule has 0 radical (unpaired) electrons. The molecule has 9 heteroatoms. The normalized spacial score (nSPS) is 13.9. The molecule has 0 saturated carbocycles. The van der Waals surface area contributed by atoms with Crippen LogP contribution in [-0.4, -0.2) is 24.1 Å². The van der Waals surface area contributed by atoms with Crippen molar-refractivity contribution in [2.75, 3.05) is 0 Å². The standard InChI is InChI=1S/C20H24Cl2FN5O/c1-11(2)26-20(28-19(29)13-5-8-15(22)16(23)9-13)27-18(25)10-17(24)12-3-6-14(21)7-4-12/h3-9,11,17-18H,10,24-25H2,1-2H3,(H2,26,27,28,29). The fourth-order valence-electron chi connectivity index (χ4n) is 2.53. The SMILES string of the molecule is CC(C)N/C(=N/C(=O)c1ccc(Cl)c(F)c1)NC(N)CC(N)c1ccc(Cl)cc1. The fraction of sp³-hybridized carbons (Fsp3) is 0.300. The summed E-state index contributed by atoms with van der Waals surface area (Å²) >= 11 is 11.5. The van der Waals surface area contributed by atoms with Crippen LogP contribution in [0.3, 0.4) is 0 Å². The average molecular weight is 440 g/mol. The van der Waals surface area contributed by atoms with Gasteiger partial charge in [-0.15, -0.1) is 0 Å². The Kier molecular flexibility index (Phi) is 8.40.